The highest BCUT2D eigenvalue weighted by Crippen LogP contribution is 2.33. The van der Waals surface area contributed by atoms with E-state index in [1.807, 2.05) is 29.7 Å². The quantitative estimate of drug-likeness (QED) is 0.610. The molecule has 0 aliphatic rings. The van der Waals surface area contributed by atoms with Crippen molar-refractivity contribution < 1.29 is 19.1 Å². The summed E-state index contributed by atoms with van der Waals surface area (Å²) in [7, 11) is 1.81. The molecule has 0 radical (unpaired) electrons. The van der Waals surface area contributed by atoms with Crippen LogP contribution in [-0.2, 0) is 22.6 Å². The van der Waals surface area contributed by atoms with E-state index >= 15 is 0 Å². The van der Waals surface area contributed by atoms with E-state index in [4.69, 9.17) is 10.5 Å². The third-order valence-electron chi connectivity index (χ3n) is 3.98. The van der Waals surface area contributed by atoms with Crippen LogP contribution in [-0.4, -0.2) is 52.7 Å². The molecule has 28 heavy (non-hydrogen) atoms. The second kappa shape index (κ2) is 9.47. The third-order valence-corrected chi connectivity index (χ3v) is 5.20. The first-order chi connectivity index (χ1) is 13.3. The Labute approximate surface area is 167 Å². The number of carbonyl (C=O) groups is 3. The largest absolute Gasteiger partial charge is 0.462 e. The molecule has 0 bridgehead atoms. The van der Waals surface area contributed by atoms with Crippen LogP contribution in [0.4, 0.5) is 5.00 Å². The molecule has 0 spiro atoms. The van der Waals surface area contributed by atoms with Crippen molar-refractivity contribution in [1.29, 1.82) is 0 Å². The Bertz CT molecular complexity index is 873. The van der Waals surface area contributed by atoms with Crippen molar-refractivity contribution in [1.82, 2.24) is 14.7 Å². The molecule has 2 heterocycles. The lowest BCUT2D eigenvalue weighted by Crippen LogP contribution is -2.30. The van der Waals surface area contributed by atoms with Gasteiger partial charge in [-0.2, -0.15) is 5.10 Å². The molecule has 0 aliphatic heterocycles. The molecule has 3 N–H and O–H groups in total. The maximum atomic E-state index is 12.5. The first kappa shape index (κ1) is 21.6. The van der Waals surface area contributed by atoms with Gasteiger partial charge in [-0.05, 0) is 33.4 Å². The van der Waals surface area contributed by atoms with Gasteiger partial charge < -0.3 is 15.8 Å². The Morgan fingerprint density at radius 2 is 2.07 bits per heavy atom. The zero-order valence-electron chi connectivity index (χ0n) is 16.4. The second-order valence-corrected chi connectivity index (χ2v) is 7.29. The molecule has 2 amide bonds. The molecule has 0 saturated heterocycles. The highest BCUT2D eigenvalue weighted by atomic mass is 32.1. The molecule has 152 valence electrons. The van der Waals surface area contributed by atoms with E-state index in [-0.39, 0.29) is 34.5 Å². The summed E-state index contributed by atoms with van der Waals surface area (Å²) >= 11 is 0.975. The normalized spacial score (nSPS) is 10.9. The summed E-state index contributed by atoms with van der Waals surface area (Å²) in [5, 5.41) is 7.18. The summed E-state index contributed by atoms with van der Waals surface area (Å²) < 4.78 is 6.86. The molecule has 2 aromatic heterocycles. The van der Waals surface area contributed by atoms with Crippen molar-refractivity contribution in [3.63, 3.8) is 0 Å². The number of anilines is 1. The van der Waals surface area contributed by atoms with Crippen LogP contribution in [0.15, 0.2) is 12.4 Å². The van der Waals surface area contributed by atoms with E-state index in [1.165, 1.54) is 0 Å². The fraction of sp³-hybridized carbons (Fsp3) is 0.444. The van der Waals surface area contributed by atoms with Gasteiger partial charge >= 0.3 is 5.97 Å². The standard InChI is InChI=1S/C18H25N5O4S/c1-5-23-9-12(7-20-23)8-22(4)10-13(24)21-17-14(18(26)27-6-2)11(3)15(28-17)16(19)25/h7,9H,5-6,8,10H2,1-4H3,(H2,19,25)(H,21,24). The number of esters is 1. The number of nitrogens with one attached hydrogen (secondary N) is 1. The molecule has 0 saturated carbocycles. The highest BCUT2D eigenvalue weighted by molar-refractivity contribution is 7.18. The molecule has 0 aromatic carbocycles. The molecule has 0 unspecified atom stereocenters. The van der Waals surface area contributed by atoms with Gasteiger partial charge in [0, 0.05) is 24.8 Å². The number of nitrogens with two attached hydrogens (primary N) is 1. The van der Waals surface area contributed by atoms with Crippen molar-refractivity contribution in [2.75, 3.05) is 25.5 Å². The minimum Gasteiger partial charge on any atom is -0.462 e. The molecule has 2 aromatic rings. The topological polar surface area (TPSA) is 120 Å². The number of nitrogens with zero attached hydrogens (tertiary/aromatic N) is 3. The van der Waals surface area contributed by atoms with Crippen LogP contribution in [0.3, 0.4) is 0 Å². The van der Waals surface area contributed by atoms with Crippen molar-refractivity contribution in [2.45, 2.75) is 33.9 Å². The Hall–Kier alpha value is -2.72. The van der Waals surface area contributed by atoms with Crippen LogP contribution in [0, 0.1) is 6.92 Å². The molecule has 10 heteroatoms. The summed E-state index contributed by atoms with van der Waals surface area (Å²) in [6.07, 6.45) is 3.69. The predicted octanol–water partition coefficient (Wildman–Crippen LogP) is 1.62. The van der Waals surface area contributed by atoms with E-state index in [0.717, 1.165) is 23.4 Å². The molecule has 0 aliphatic carbocycles. The van der Waals surface area contributed by atoms with Crippen LogP contribution in [0.1, 0.15) is 45.0 Å². The average molecular weight is 407 g/mol. The Morgan fingerprint density at radius 1 is 1.36 bits per heavy atom. The molecule has 2 rings (SSSR count). The van der Waals surface area contributed by atoms with Crippen LogP contribution >= 0.6 is 11.3 Å². The Kier molecular flexibility index (Phi) is 7.30. The van der Waals surface area contributed by atoms with Crippen molar-refractivity contribution in [2.24, 2.45) is 5.73 Å². The lowest BCUT2D eigenvalue weighted by molar-refractivity contribution is -0.117. The summed E-state index contributed by atoms with van der Waals surface area (Å²) in [6.45, 7) is 6.90. The number of hydrogen-bond donors (Lipinski definition) is 2. The monoisotopic (exact) mass is 407 g/mol. The van der Waals surface area contributed by atoms with Gasteiger partial charge in [-0.1, -0.05) is 0 Å². The van der Waals surface area contributed by atoms with E-state index < -0.39 is 11.9 Å². The van der Waals surface area contributed by atoms with E-state index in [1.54, 1.807) is 20.0 Å². The fourth-order valence-electron chi connectivity index (χ4n) is 2.73. The van der Waals surface area contributed by atoms with Crippen LogP contribution in [0.5, 0.6) is 0 Å². The second-order valence-electron chi connectivity index (χ2n) is 6.27. The minimum absolute atomic E-state index is 0.0996. The lowest BCUT2D eigenvalue weighted by atomic mass is 10.1. The maximum Gasteiger partial charge on any atom is 0.341 e. The van der Waals surface area contributed by atoms with Crippen molar-refractivity contribution in [3.05, 3.63) is 34.0 Å². The Morgan fingerprint density at radius 3 is 2.64 bits per heavy atom. The first-order valence-corrected chi connectivity index (χ1v) is 9.68. The number of carbonyl (C=O) groups excluding carboxylic acids is 3. The van der Waals surface area contributed by atoms with Gasteiger partial charge in [0.2, 0.25) is 5.91 Å². The van der Waals surface area contributed by atoms with Gasteiger partial charge in [-0.3, -0.25) is 19.2 Å². The maximum absolute atomic E-state index is 12.5. The number of ether oxygens (including phenoxy) is 1. The van der Waals surface area contributed by atoms with Gasteiger partial charge in [0.1, 0.15) is 5.00 Å². The van der Waals surface area contributed by atoms with E-state index in [0.29, 0.717) is 12.1 Å². The number of likely N-dealkylation sites (N-methyl/N-ethyl adjacent to an activating group) is 1. The summed E-state index contributed by atoms with van der Waals surface area (Å²) in [4.78, 5) is 38.4. The third kappa shape index (κ3) is 5.17. The smallest absolute Gasteiger partial charge is 0.341 e. The summed E-state index contributed by atoms with van der Waals surface area (Å²) in [5.74, 6) is -1.56. The summed E-state index contributed by atoms with van der Waals surface area (Å²) in [6, 6.07) is 0. The zero-order chi connectivity index (χ0) is 20.8. The molecule has 0 atom stereocenters. The van der Waals surface area contributed by atoms with Gasteiger partial charge in [0.05, 0.1) is 29.8 Å². The number of primary amides is 1. The van der Waals surface area contributed by atoms with Crippen LogP contribution in [0.2, 0.25) is 0 Å². The number of hydrogen-bond acceptors (Lipinski definition) is 7. The van der Waals surface area contributed by atoms with Crippen molar-refractivity contribution >= 4 is 34.1 Å². The minimum atomic E-state index is -0.654. The van der Waals surface area contributed by atoms with Gasteiger partial charge in [-0.15, -0.1) is 11.3 Å². The fourth-order valence-corrected chi connectivity index (χ4v) is 3.79. The number of aromatic nitrogens is 2. The zero-order valence-corrected chi connectivity index (χ0v) is 17.3. The van der Waals surface area contributed by atoms with Gasteiger partial charge in [-0.25, -0.2) is 4.79 Å². The van der Waals surface area contributed by atoms with Gasteiger partial charge in [0.15, 0.2) is 0 Å². The van der Waals surface area contributed by atoms with E-state index in [2.05, 4.69) is 10.4 Å². The van der Waals surface area contributed by atoms with E-state index in [9.17, 15) is 14.4 Å². The first-order valence-electron chi connectivity index (χ1n) is 8.86. The van der Waals surface area contributed by atoms with Crippen molar-refractivity contribution in [3.8, 4) is 0 Å². The number of thiophene rings is 1. The van der Waals surface area contributed by atoms with Gasteiger partial charge in [0.25, 0.3) is 5.91 Å². The van der Waals surface area contributed by atoms with Crippen LogP contribution < -0.4 is 11.1 Å². The Balaban J connectivity index is 2.10. The number of amides is 2. The number of aryl methyl sites for hydroxylation is 1. The highest BCUT2D eigenvalue weighted by Gasteiger charge is 2.25. The molecular weight excluding hydrogens is 382 g/mol. The molecule has 9 nitrogen and oxygen atoms in total. The SMILES string of the molecule is CCOC(=O)c1c(NC(=O)CN(C)Cc2cnn(CC)c2)sc(C(N)=O)c1C. The van der Waals surface area contributed by atoms with Crippen LogP contribution in [0.25, 0.3) is 0 Å². The molecule has 0 fully saturated rings. The molecular formula is C18H25N5O4S. The number of rotatable bonds is 9. The summed E-state index contributed by atoms with van der Waals surface area (Å²) in [5.41, 5.74) is 6.94. The predicted molar refractivity (Wildman–Crippen MR) is 106 cm³/mol. The lowest BCUT2D eigenvalue weighted by Gasteiger charge is -2.15. The average Bonchev–Trinajstić information content (AvgIpc) is 3.19.